The molecule has 8 aromatic heterocycles. The van der Waals surface area contributed by atoms with Crippen LogP contribution in [0.15, 0.2) is 109 Å². The molecule has 0 amide bonds. The van der Waals surface area contributed by atoms with Gasteiger partial charge < -0.3 is 17.6 Å². The topological polar surface area (TPSA) is 17.6 Å². The number of benzene rings is 7. The number of nitrogens with zero attached hydrogens (tertiary/aromatic N) is 4. The van der Waals surface area contributed by atoms with Crippen molar-refractivity contribution in [3.63, 3.8) is 0 Å². The molecule has 15 aromatic rings. The highest BCUT2D eigenvalue weighted by molar-refractivity contribution is 6.29. The molecule has 8 heterocycles. The van der Waals surface area contributed by atoms with Crippen LogP contribution in [0.5, 0.6) is 0 Å². The van der Waals surface area contributed by atoms with E-state index in [4.69, 9.17) is 0 Å². The molecule has 0 spiro atoms. The van der Waals surface area contributed by atoms with Gasteiger partial charge in [0.1, 0.15) is 0 Å². The van der Waals surface area contributed by atoms with Crippen LogP contribution in [0.3, 0.4) is 0 Å². The summed E-state index contributed by atoms with van der Waals surface area (Å²) in [6.07, 6.45) is 0. The normalized spacial score (nSPS) is 14.1. The van der Waals surface area contributed by atoms with Gasteiger partial charge in [-0.3, -0.25) is 0 Å². The van der Waals surface area contributed by atoms with Gasteiger partial charge in [0.05, 0.1) is 66.2 Å². The lowest BCUT2D eigenvalue weighted by molar-refractivity contribution is 1.23. The summed E-state index contributed by atoms with van der Waals surface area (Å²) >= 11 is 0. The largest absolute Gasteiger partial charge is 0.305 e. The minimum Gasteiger partial charge on any atom is -0.305 e. The summed E-state index contributed by atoms with van der Waals surface area (Å²) in [5, 5.41) is 15.5. The van der Waals surface area contributed by atoms with Crippen LogP contribution in [0.25, 0.3) is 131 Å². The summed E-state index contributed by atoms with van der Waals surface area (Å²) in [6, 6.07) is 42.9. The van der Waals surface area contributed by atoms with E-state index in [2.05, 4.69) is 127 Å². The molecule has 4 heteroatoms. The third kappa shape index (κ3) is 1.81. The predicted molar refractivity (Wildman–Crippen MR) is 192 cm³/mol. The standard InChI is InChI=1S/C42H18N4/c1-5-23-27-9-10-28-25-7-3-21-15-33(25)45-36-18-38-37-17-35(36)43(39(27)40(28)45)31(23)13-19(1)20-2-6-24-29-11-12-30-26-8-4-22(21)16-34(26)46(38)42(30)41(29)44(37)32(24)14-20/h1-18H. The molecule has 206 valence electrons. The van der Waals surface area contributed by atoms with Crippen molar-refractivity contribution in [3.8, 4) is 0 Å². The van der Waals surface area contributed by atoms with Crippen LogP contribution in [0.2, 0.25) is 0 Å². The van der Waals surface area contributed by atoms with Gasteiger partial charge in [0.2, 0.25) is 0 Å². The van der Waals surface area contributed by atoms with Crippen LogP contribution >= 0.6 is 0 Å². The number of hydrogen-bond donors (Lipinski definition) is 0. The molecule has 0 aliphatic carbocycles. The third-order valence-corrected chi connectivity index (χ3v) is 12.0. The van der Waals surface area contributed by atoms with Crippen LogP contribution in [-0.2, 0) is 0 Å². The molecule has 0 radical (unpaired) electrons. The van der Waals surface area contributed by atoms with Crippen molar-refractivity contribution >= 4 is 131 Å². The third-order valence-electron chi connectivity index (χ3n) is 12.0. The second kappa shape index (κ2) is 6.02. The van der Waals surface area contributed by atoms with E-state index >= 15 is 0 Å². The van der Waals surface area contributed by atoms with E-state index in [1.54, 1.807) is 0 Å². The van der Waals surface area contributed by atoms with E-state index in [1.165, 1.54) is 131 Å². The summed E-state index contributed by atoms with van der Waals surface area (Å²) in [7, 11) is 0. The van der Waals surface area contributed by atoms with Gasteiger partial charge in [-0.1, -0.05) is 72.8 Å². The van der Waals surface area contributed by atoms with Gasteiger partial charge >= 0.3 is 0 Å². The van der Waals surface area contributed by atoms with E-state index < -0.39 is 0 Å². The molecular weight excluding hydrogens is 560 g/mol. The summed E-state index contributed by atoms with van der Waals surface area (Å²) in [4.78, 5) is 0. The zero-order valence-electron chi connectivity index (χ0n) is 24.2. The van der Waals surface area contributed by atoms with Crippen molar-refractivity contribution in [3.05, 3.63) is 109 Å². The van der Waals surface area contributed by atoms with Gasteiger partial charge in [-0.15, -0.1) is 0 Å². The number of hydrogen-bond acceptors (Lipinski definition) is 0. The van der Waals surface area contributed by atoms with Gasteiger partial charge in [0.15, 0.2) is 0 Å². The summed E-state index contributed by atoms with van der Waals surface area (Å²) < 4.78 is 10.3. The second-order valence-corrected chi connectivity index (χ2v) is 13.8. The first kappa shape index (κ1) is 20.7. The Morgan fingerprint density at radius 2 is 0.457 bits per heavy atom. The number of fused-ring (bicyclic) bond motifs is 10. The van der Waals surface area contributed by atoms with Crippen LogP contribution < -0.4 is 0 Å². The Morgan fingerprint density at radius 3 is 0.717 bits per heavy atom. The van der Waals surface area contributed by atoms with Crippen molar-refractivity contribution in [2.45, 2.75) is 0 Å². The van der Waals surface area contributed by atoms with E-state index in [-0.39, 0.29) is 0 Å². The summed E-state index contributed by atoms with van der Waals surface area (Å²) in [5.74, 6) is 0. The molecule has 0 fully saturated rings. The van der Waals surface area contributed by atoms with E-state index in [0.29, 0.717) is 0 Å². The molecule has 7 aromatic carbocycles. The zero-order chi connectivity index (χ0) is 28.9. The molecular formula is C42H18N4. The molecule has 12 bridgehead atoms. The quantitative estimate of drug-likeness (QED) is 0.159. The highest BCUT2D eigenvalue weighted by Gasteiger charge is 2.27. The van der Waals surface area contributed by atoms with Crippen LogP contribution in [0.1, 0.15) is 0 Å². The van der Waals surface area contributed by atoms with Gasteiger partial charge in [0.25, 0.3) is 0 Å². The molecule has 0 unspecified atom stereocenters. The number of rotatable bonds is 0. The second-order valence-electron chi connectivity index (χ2n) is 13.8. The van der Waals surface area contributed by atoms with Crippen LogP contribution in [0, 0.1) is 0 Å². The zero-order valence-corrected chi connectivity index (χ0v) is 24.2. The highest BCUT2D eigenvalue weighted by atomic mass is 15.0. The molecule has 0 aliphatic heterocycles. The van der Waals surface area contributed by atoms with Crippen molar-refractivity contribution in [2.75, 3.05) is 0 Å². The maximum Gasteiger partial charge on any atom is 0.0789 e. The molecule has 0 saturated carbocycles. The molecule has 46 heavy (non-hydrogen) atoms. The molecule has 4 nitrogen and oxygen atoms in total. The minimum atomic E-state index is 1.24. The smallest absolute Gasteiger partial charge is 0.0789 e. The Hall–Kier alpha value is -6.26. The average molecular weight is 579 g/mol. The van der Waals surface area contributed by atoms with Gasteiger partial charge in [-0.05, 0) is 57.9 Å². The average Bonchev–Trinajstić information content (AvgIpc) is 3.81. The SMILES string of the molecule is c1cc2c3ccc4c5ccc6cc5n5c7cc8c9cc7n(c2cc1c1ccc2c7ccc%10c%11ccc6cc%11n8c%10c7n9c2c1)c3c45. The van der Waals surface area contributed by atoms with Crippen molar-refractivity contribution in [1.82, 2.24) is 17.6 Å². The van der Waals surface area contributed by atoms with Gasteiger partial charge in [-0.2, -0.15) is 0 Å². The van der Waals surface area contributed by atoms with Gasteiger partial charge in [0, 0.05) is 43.1 Å². The number of aromatic nitrogens is 4. The molecule has 15 rings (SSSR count). The van der Waals surface area contributed by atoms with E-state index in [1.807, 2.05) is 0 Å². The van der Waals surface area contributed by atoms with Crippen molar-refractivity contribution < 1.29 is 0 Å². The fourth-order valence-electron chi connectivity index (χ4n) is 10.2. The van der Waals surface area contributed by atoms with E-state index in [0.717, 1.165) is 0 Å². The lowest BCUT2D eigenvalue weighted by Crippen LogP contribution is -2.01. The Kier molecular flexibility index (Phi) is 2.70. The first-order chi connectivity index (χ1) is 22.8. The maximum atomic E-state index is 2.58. The predicted octanol–water partition coefficient (Wildman–Crippen LogP) is 10.9. The first-order valence-corrected chi connectivity index (χ1v) is 16.1. The molecule has 0 aliphatic rings. The fourth-order valence-corrected chi connectivity index (χ4v) is 10.2. The lowest BCUT2D eigenvalue weighted by atomic mass is 10.0. The first-order valence-electron chi connectivity index (χ1n) is 16.1. The molecule has 0 atom stereocenters. The minimum absolute atomic E-state index is 1.24. The van der Waals surface area contributed by atoms with Crippen LogP contribution in [0.4, 0.5) is 0 Å². The van der Waals surface area contributed by atoms with Crippen molar-refractivity contribution in [2.24, 2.45) is 0 Å². The Labute approximate surface area is 257 Å². The Bertz CT molecular complexity index is 3310. The molecule has 0 N–H and O–H groups in total. The monoisotopic (exact) mass is 578 g/mol. The highest BCUT2D eigenvalue weighted by Crippen LogP contribution is 2.47. The Balaban J connectivity index is 1.49. The lowest BCUT2D eigenvalue weighted by Gasteiger charge is -2.16. The van der Waals surface area contributed by atoms with Crippen LogP contribution in [-0.4, -0.2) is 17.6 Å². The molecule has 0 saturated heterocycles. The Morgan fingerprint density at radius 1 is 0.217 bits per heavy atom. The maximum absolute atomic E-state index is 2.58. The van der Waals surface area contributed by atoms with E-state index in [9.17, 15) is 0 Å². The van der Waals surface area contributed by atoms with Crippen molar-refractivity contribution in [1.29, 1.82) is 0 Å². The summed E-state index contributed by atoms with van der Waals surface area (Å²) in [6.45, 7) is 0. The van der Waals surface area contributed by atoms with Gasteiger partial charge in [-0.25, -0.2) is 0 Å². The summed E-state index contributed by atoms with van der Waals surface area (Å²) in [5.41, 5.74) is 15.3. The fraction of sp³-hybridized carbons (Fsp3) is 0.